The molecule has 1 aliphatic heterocycles. The van der Waals surface area contributed by atoms with E-state index in [2.05, 4.69) is 0 Å². The van der Waals surface area contributed by atoms with Crippen LogP contribution >= 0.6 is 0 Å². The summed E-state index contributed by atoms with van der Waals surface area (Å²) in [7, 11) is 0. The fraction of sp³-hybridized carbons (Fsp3) is 0.250. The molecule has 24 heavy (non-hydrogen) atoms. The first-order valence-corrected chi connectivity index (χ1v) is 7.92. The fourth-order valence-corrected chi connectivity index (χ4v) is 2.84. The van der Waals surface area contributed by atoms with E-state index in [0.717, 1.165) is 12.0 Å². The molecule has 0 saturated carbocycles. The Balaban J connectivity index is 2.01. The highest BCUT2D eigenvalue weighted by Crippen LogP contribution is 2.44. The van der Waals surface area contributed by atoms with Gasteiger partial charge >= 0.3 is 0 Å². The number of ketones is 1. The molecule has 4 nitrogen and oxygen atoms in total. The number of fused-ring (bicyclic) bond motifs is 1. The third-order valence-electron chi connectivity index (χ3n) is 4.17. The minimum Gasteiger partial charge on any atom is -0.507 e. The number of carbonyl (C=O) groups excluding carboxylic acids is 1. The molecule has 2 N–H and O–H groups in total. The Hall–Kier alpha value is -2.75. The van der Waals surface area contributed by atoms with Gasteiger partial charge in [-0.1, -0.05) is 36.4 Å². The standard InChI is InChI=1S/C20H20O4/c1-20(2)11-10-14-16(22)12-17(23)18(19(14)24-20)15(21)9-8-13-6-4-3-5-7-13/h3-9,12,22-23H,10-11H2,1-2H3. The van der Waals surface area contributed by atoms with Gasteiger partial charge in [0.15, 0.2) is 5.78 Å². The van der Waals surface area contributed by atoms with E-state index in [9.17, 15) is 15.0 Å². The highest BCUT2D eigenvalue weighted by molar-refractivity contribution is 6.11. The van der Waals surface area contributed by atoms with E-state index in [4.69, 9.17) is 4.74 Å². The Morgan fingerprint density at radius 3 is 2.58 bits per heavy atom. The van der Waals surface area contributed by atoms with Gasteiger partial charge in [-0.3, -0.25) is 4.79 Å². The summed E-state index contributed by atoms with van der Waals surface area (Å²) in [5.74, 6) is -0.384. The highest BCUT2D eigenvalue weighted by atomic mass is 16.5. The summed E-state index contributed by atoms with van der Waals surface area (Å²) >= 11 is 0. The maximum atomic E-state index is 12.6. The maximum Gasteiger partial charge on any atom is 0.193 e. The third kappa shape index (κ3) is 3.13. The first kappa shape index (κ1) is 16.1. The molecule has 0 unspecified atom stereocenters. The lowest BCUT2D eigenvalue weighted by atomic mass is 9.90. The van der Waals surface area contributed by atoms with Gasteiger partial charge in [0, 0.05) is 11.6 Å². The van der Waals surface area contributed by atoms with Crippen LogP contribution < -0.4 is 4.74 Å². The van der Waals surface area contributed by atoms with Crippen LogP contribution in [0.15, 0.2) is 42.5 Å². The average molecular weight is 324 g/mol. The number of phenolic OH excluding ortho intramolecular Hbond substituents is 2. The zero-order chi connectivity index (χ0) is 17.3. The Morgan fingerprint density at radius 1 is 1.17 bits per heavy atom. The first-order chi connectivity index (χ1) is 11.4. The van der Waals surface area contributed by atoms with Gasteiger partial charge in [0.25, 0.3) is 0 Å². The van der Waals surface area contributed by atoms with Crippen LogP contribution in [0.3, 0.4) is 0 Å². The van der Waals surface area contributed by atoms with Gasteiger partial charge in [-0.15, -0.1) is 0 Å². The van der Waals surface area contributed by atoms with Gasteiger partial charge < -0.3 is 14.9 Å². The normalized spacial score (nSPS) is 15.8. The van der Waals surface area contributed by atoms with Crippen molar-refractivity contribution in [2.24, 2.45) is 0 Å². The Labute approximate surface area is 141 Å². The van der Waals surface area contributed by atoms with Crippen molar-refractivity contribution < 1.29 is 19.7 Å². The largest absolute Gasteiger partial charge is 0.507 e. The Kier molecular flexibility index (Phi) is 4.06. The summed E-state index contributed by atoms with van der Waals surface area (Å²) in [5, 5.41) is 20.2. The van der Waals surface area contributed by atoms with Crippen molar-refractivity contribution in [1.82, 2.24) is 0 Å². The predicted molar refractivity (Wildman–Crippen MR) is 92.6 cm³/mol. The zero-order valence-electron chi connectivity index (χ0n) is 13.7. The lowest BCUT2D eigenvalue weighted by Gasteiger charge is -2.34. The lowest BCUT2D eigenvalue weighted by Crippen LogP contribution is -2.33. The predicted octanol–water partition coefficient (Wildman–Crippen LogP) is 4.10. The summed E-state index contributed by atoms with van der Waals surface area (Å²) < 4.78 is 5.91. The van der Waals surface area contributed by atoms with Crippen LogP contribution in [0.25, 0.3) is 6.08 Å². The van der Waals surface area contributed by atoms with Gasteiger partial charge in [-0.2, -0.15) is 0 Å². The number of hydrogen-bond donors (Lipinski definition) is 2. The van der Waals surface area contributed by atoms with Crippen LogP contribution in [0.4, 0.5) is 0 Å². The number of hydrogen-bond acceptors (Lipinski definition) is 4. The number of aromatic hydroxyl groups is 2. The smallest absolute Gasteiger partial charge is 0.193 e. The molecule has 0 aromatic heterocycles. The topological polar surface area (TPSA) is 66.8 Å². The van der Waals surface area contributed by atoms with E-state index in [1.54, 1.807) is 6.08 Å². The minimum absolute atomic E-state index is 0.0402. The SMILES string of the molecule is CC1(C)CCc2c(O)cc(O)c(C(=O)C=Cc3ccccc3)c2O1. The molecule has 0 spiro atoms. The molecule has 0 amide bonds. The number of rotatable bonds is 3. The number of benzene rings is 2. The second-order valence-electron chi connectivity index (χ2n) is 6.57. The van der Waals surface area contributed by atoms with Crippen molar-refractivity contribution in [2.75, 3.05) is 0 Å². The van der Waals surface area contributed by atoms with Crippen LogP contribution in [0.5, 0.6) is 17.2 Å². The first-order valence-electron chi connectivity index (χ1n) is 7.92. The molecule has 4 heteroatoms. The second kappa shape index (κ2) is 6.04. The molecular weight excluding hydrogens is 304 g/mol. The van der Waals surface area contributed by atoms with Gasteiger partial charge in [-0.05, 0) is 38.3 Å². The number of phenols is 2. The number of ether oxygens (including phenoxy) is 1. The highest BCUT2D eigenvalue weighted by Gasteiger charge is 2.33. The van der Waals surface area contributed by atoms with E-state index < -0.39 is 5.60 Å². The van der Waals surface area contributed by atoms with Crippen LogP contribution in [0.1, 0.15) is 41.8 Å². The fourth-order valence-electron chi connectivity index (χ4n) is 2.84. The summed E-state index contributed by atoms with van der Waals surface area (Å²) in [6.45, 7) is 3.84. The van der Waals surface area contributed by atoms with Gasteiger partial charge in [0.2, 0.25) is 0 Å². The zero-order valence-corrected chi connectivity index (χ0v) is 13.7. The van der Waals surface area contributed by atoms with Crippen molar-refractivity contribution in [2.45, 2.75) is 32.3 Å². The van der Waals surface area contributed by atoms with Crippen LogP contribution in [0.2, 0.25) is 0 Å². The molecule has 0 saturated heterocycles. The van der Waals surface area contributed by atoms with Crippen LogP contribution in [-0.4, -0.2) is 21.6 Å². The minimum atomic E-state index is -0.453. The molecule has 124 valence electrons. The molecule has 2 aromatic rings. The summed E-state index contributed by atoms with van der Waals surface area (Å²) in [4.78, 5) is 12.6. The Morgan fingerprint density at radius 2 is 1.88 bits per heavy atom. The van der Waals surface area contributed by atoms with Gasteiger partial charge in [0.05, 0.1) is 0 Å². The molecule has 0 radical (unpaired) electrons. The quantitative estimate of drug-likeness (QED) is 0.659. The Bertz CT molecular complexity index is 804. The molecule has 3 rings (SSSR count). The van der Waals surface area contributed by atoms with Crippen LogP contribution in [-0.2, 0) is 6.42 Å². The van der Waals surface area contributed by atoms with Crippen molar-refractivity contribution in [1.29, 1.82) is 0 Å². The lowest BCUT2D eigenvalue weighted by molar-refractivity contribution is 0.0801. The number of carbonyl (C=O) groups is 1. The van der Waals surface area contributed by atoms with E-state index in [-0.39, 0.29) is 28.6 Å². The van der Waals surface area contributed by atoms with E-state index in [1.165, 1.54) is 12.1 Å². The maximum absolute atomic E-state index is 12.6. The third-order valence-corrected chi connectivity index (χ3v) is 4.17. The van der Waals surface area contributed by atoms with E-state index in [0.29, 0.717) is 12.0 Å². The van der Waals surface area contributed by atoms with E-state index >= 15 is 0 Å². The molecule has 0 bridgehead atoms. The molecule has 1 aliphatic rings. The summed E-state index contributed by atoms with van der Waals surface area (Å²) in [6, 6.07) is 10.7. The summed E-state index contributed by atoms with van der Waals surface area (Å²) in [5.41, 5.74) is 1.11. The average Bonchev–Trinajstić information content (AvgIpc) is 2.52. The van der Waals surface area contributed by atoms with E-state index in [1.807, 2.05) is 44.2 Å². The van der Waals surface area contributed by atoms with Gasteiger partial charge in [0.1, 0.15) is 28.4 Å². The molecule has 1 heterocycles. The molecular formula is C20H20O4. The molecule has 0 fully saturated rings. The summed E-state index contributed by atoms with van der Waals surface area (Å²) in [6.07, 6.45) is 4.42. The monoisotopic (exact) mass is 324 g/mol. The second-order valence-corrected chi connectivity index (χ2v) is 6.57. The van der Waals surface area contributed by atoms with Crippen molar-refractivity contribution in [3.05, 3.63) is 59.2 Å². The number of allylic oxidation sites excluding steroid dienone is 1. The molecule has 0 aliphatic carbocycles. The van der Waals surface area contributed by atoms with Crippen molar-refractivity contribution in [3.63, 3.8) is 0 Å². The van der Waals surface area contributed by atoms with Crippen molar-refractivity contribution in [3.8, 4) is 17.2 Å². The van der Waals surface area contributed by atoms with Crippen molar-refractivity contribution >= 4 is 11.9 Å². The van der Waals surface area contributed by atoms with Crippen LogP contribution in [0, 0.1) is 0 Å². The molecule has 2 aromatic carbocycles. The van der Waals surface area contributed by atoms with Gasteiger partial charge in [-0.25, -0.2) is 0 Å². The molecule has 0 atom stereocenters.